The van der Waals surface area contributed by atoms with E-state index in [2.05, 4.69) is 86.8 Å². The third kappa shape index (κ3) is 32.5. The molecule has 1 fully saturated rings. The van der Waals surface area contributed by atoms with Crippen LogP contribution in [0.2, 0.25) is 0 Å². The monoisotopic (exact) mass is 925 g/mol. The zero-order valence-electron chi connectivity index (χ0n) is 39.6. The fraction of sp³-hybridized carbons (Fsp3) is 0.745. The van der Waals surface area contributed by atoms with Crippen LogP contribution in [0.25, 0.3) is 0 Å². The molecule has 1 aliphatic rings. The number of phosphoric acid groups is 1. The molecule has 0 radical (unpaired) electrons. The Labute approximate surface area is 387 Å². The van der Waals surface area contributed by atoms with Crippen LogP contribution < -0.4 is 0 Å². The summed E-state index contributed by atoms with van der Waals surface area (Å²) in [5, 5.41) is 50.3. The number of carbonyl (C=O) groups is 1. The van der Waals surface area contributed by atoms with E-state index < -0.39 is 63.1 Å². The third-order valence-electron chi connectivity index (χ3n) is 11.1. The fourth-order valence-corrected chi connectivity index (χ4v) is 8.11. The lowest BCUT2D eigenvalue weighted by Crippen LogP contribution is -2.64. The minimum Gasteiger partial charge on any atom is -0.457 e. The van der Waals surface area contributed by atoms with E-state index in [-0.39, 0.29) is 13.0 Å². The first-order valence-electron chi connectivity index (χ1n) is 24.8. The lowest BCUT2D eigenvalue weighted by atomic mass is 9.85. The van der Waals surface area contributed by atoms with Crippen molar-refractivity contribution in [3.05, 3.63) is 72.9 Å². The minimum absolute atomic E-state index is 0.0923. The largest absolute Gasteiger partial charge is 0.472 e. The molecular weight excluding hydrogens is 836 g/mol. The van der Waals surface area contributed by atoms with Gasteiger partial charge in [0.25, 0.3) is 0 Å². The summed E-state index contributed by atoms with van der Waals surface area (Å²) in [7, 11) is -5.03. The van der Waals surface area contributed by atoms with Gasteiger partial charge in [-0.25, -0.2) is 4.57 Å². The number of ether oxygens (including phenoxy) is 2. The first-order chi connectivity index (χ1) is 31.0. The van der Waals surface area contributed by atoms with Crippen LogP contribution in [-0.2, 0) is 27.9 Å². The van der Waals surface area contributed by atoms with Crippen LogP contribution >= 0.6 is 7.82 Å². The SMILES string of the molecule is CC/C=C\C/C=C\C/C=C\C/C=C\C/C=C\CCCCCCCC(=O)OC(COCCCCCCCC/C=C\CCCCCCCC)COP(=O)(O)OC1C(O)C(O)C(O)C(O)C1O. The Hall–Kier alpha value is -2.22. The summed E-state index contributed by atoms with van der Waals surface area (Å²) in [4.78, 5) is 23.2. The van der Waals surface area contributed by atoms with Crippen LogP contribution in [0.4, 0.5) is 0 Å². The number of hydrogen-bond donors (Lipinski definition) is 6. The van der Waals surface area contributed by atoms with Gasteiger partial charge in [-0.1, -0.05) is 164 Å². The van der Waals surface area contributed by atoms with Crippen molar-refractivity contribution in [3.63, 3.8) is 0 Å². The molecule has 6 atom stereocenters. The zero-order chi connectivity index (χ0) is 46.9. The number of carbonyl (C=O) groups excluding carboxylic acids is 1. The molecule has 370 valence electrons. The van der Waals surface area contributed by atoms with Crippen LogP contribution in [-0.4, -0.2) is 98.9 Å². The maximum absolute atomic E-state index is 12.8. The Balaban J connectivity index is 2.39. The van der Waals surface area contributed by atoms with Crippen LogP contribution in [0.15, 0.2) is 72.9 Å². The van der Waals surface area contributed by atoms with Crippen molar-refractivity contribution in [1.29, 1.82) is 0 Å². The van der Waals surface area contributed by atoms with E-state index in [0.717, 1.165) is 96.3 Å². The van der Waals surface area contributed by atoms with Crippen LogP contribution in [0.3, 0.4) is 0 Å². The molecule has 0 amide bonds. The molecular formula is C51H89O12P. The number of aliphatic hydroxyl groups excluding tert-OH is 5. The summed E-state index contributed by atoms with van der Waals surface area (Å²) in [6.45, 7) is 4.11. The van der Waals surface area contributed by atoms with Crippen molar-refractivity contribution in [3.8, 4) is 0 Å². The van der Waals surface area contributed by atoms with E-state index in [1.165, 1.54) is 57.8 Å². The molecule has 12 nitrogen and oxygen atoms in total. The van der Waals surface area contributed by atoms with Crippen molar-refractivity contribution in [1.82, 2.24) is 0 Å². The van der Waals surface area contributed by atoms with Crippen molar-refractivity contribution in [2.24, 2.45) is 0 Å². The third-order valence-corrected chi connectivity index (χ3v) is 12.0. The number of hydrogen-bond acceptors (Lipinski definition) is 11. The highest BCUT2D eigenvalue weighted by molar-refractivity contribution is 7.47. The molecule has 0 bridgehead atoms. The van der Waals surface area contributed by atoms with E-state index in [9.17, 15) is 39.8 Å². The standard InChI is InChI=1S/C51H89O12P/c1-3-5-7-9-11-13-15-17-19-21-22-23-24-25-26-28-30-32-34-36-38-40-45(52)62-44(43-61-64(58,59)63-51-49(56)47(54)46(53)48(55)50(51)57)42-60-41-39-37-35-33-31-29-27-20-18-16-14-12-10-8-6-4-2/h5,7,11,13,17-20,22-23,25-26,44,46-51,53-57H,3-4,6,8-10,12,14-16,21,24,27-43H2,1-2H3,(H,58,59)/b7-5-,13-11-,19-17-,20-18-,23-22-,26-25-. The maximum atomic E-state index is 12.8. The minimum atomic E-state index is -5.03. The highest BCUT2D eigenvalue weighted by atomic mass is 31.2. The average Bonchev–Trinajstić information content (AvgIpc) is 3.28. The summed E-state index contributed by atoms with van der Waals surface area (Å²) in [6.07, 6.45) is 41.0. The first kappa shape index (κ1) is 59.8. The van der Waals surface area contributed by atoms with Gasteiger partial charge in [0, 0.05) is 13.0 Å². The van der Waals surface area contributed by atoms with Gasteiger partial charge in [0.2, 0.25) is 0 Å². The van der Waals surface area contributed by atoms with Crippen molar-refractivity contribution in [2.75, 3.05) is 19.8 Å². The molecule has 64 heavy (non-hydrogen) atoms. The Morgan fingerprint density at radius 1 is 0.516 bits per heavy atom. The molecule has 1 aliphatic carbocycles. The highest BCUT2D eigenvalue weighted by Gasteiger charge is 2.51. The number of rotatable bonds is 41. The number of esters is 1. The summed E-state index contributed by atoms with van der Waals surface area (Å²) in [6, 6.07) is 0. The van der Waals surface area contributed by atoms with Crippen LogP contribution in [0.1, 0.15) is 181 Å². The highest BCUT2D eigenvalue weighted by Crippen LogP contribution is 2.47. The van der Waals surface area contributed by atoms with Gasteiger partial charge in [-0.15, -0.1) is 0 Å². The second-order valence-corrected chi connectivity index (χ2v) is 18.3. The molecule has 1 saturated carbocycles. The molecule has 0 heterocycles. The molecule has 0 spiro atoms. The predicted octanol–water partition coefficient (Wildman–Crippen LogP) is 10.8. The predicted molar refractivity (Wildman–Crippen MR) is 258 cm³/mol. The molecule has 6 N–H and O–H groups in total. The maximum Gasteiger partial charge on any atom is 0.472 e. The van der Waals surface area contributed by atoms with Gasteiger partial charge in [0.05, 0.1) is 13.2 Å². The van der Waals surface area contributed by atoms with E-state index in [4.69, 9.17) is 18.5 Å². The second-order valence-electron chi connectivity index (χ2n) is 16.9. The molecule has 0 aromatic heterocycles. The first-order valence-corrected chi connectivity index (χ1v) is 26.3. The van der Waals surface area contributed by atoms with E-state index >= 15 is 0 Å². The van der Waals surface area contributed by atoms with Gasteiger partial charge in [-0.05, 0) is 83.5 Å². The lowest BCUT2D eigenvalue weighted by molar-refractivity contribution is -0.220. The zero-order valence-corrected chi connectivity index (χ0v) is 40.5. The van der Waals surface area contributed by atoms with Crippen LogP contribution in [0.5, 0.6) is 0 Å². The Morgan fingerprint density at radius 3 is 1.42 bits per heavy atom. The quantitative estimate of drug-likeness (QED) is 0.0147. The summed E-state index contributed by atoms with van der Waals surface area (Å²) in [5.41, 5.74) is 0. The smallest absolute Gasteiger partial charge is 0.457 e. The Kier molecular flexibility index (Phi) is 38.3. The molecule has 0 aromatic rings. The van der Waals surface area contributed by atoms with Gasteiger partial charge in [-0.3, -0.25) is 13.8 Å². The molecule has 1 rings (SSSR count). The normalized spacial score (nSPS) is 22.3. The molecule has 6 unspecified atom stereocenters. The van der Waals surface area contributed by atoms with E-state index in [1.54, 1.807) is 0 Å². The topological polar surface area (TPSA) is 192 Å². The second kappa shape index (κ2) is 41.0. The summed E-state index contributed by atoms with van der Waals surface area (Å²) in [5.74, 6) is -0.500. The van der Waals surface area contributed by atoms with Crippen LogP contribution in [0, 0.1) is 0 Å². The van der Waals surface area contributed by atoms with E-state index in [1.807, 2.05) is 0 Å². The number of aliphatic hydroxyl groups is 5. The van der Waals surface area contributed by atoms with Crippen molar-refractivity contribution in [2.45, 2.75) is 224 Å². The Bertz CT molecular complexity index is 1330. The fourth-order valence-electron chi connectivity index (χ4n) is 7.14. The van der Waals surface area contributed by atoms with Gasteiger partial charge in [-0.2, -0.15) is 0 Å². The average molecular weight is 925 g/mol. The number of unbranched alkanes of at least 4 members (excludes halogenated alkanes) is 17. The molecule has 0 saturated heterocycles. The molecule has 0 aromatic carbocycles. The molecule has 13 heteroatoms. The van der Waals surface area contributed by atoms with Gasteiger partial charge >= 0.3 is 13.8 Å². The lowest BCUT2D eigenvalue weighted by Gasteiger charge is -2.41. The van der Waals surface area contributed by atoms with Crippen molar-refractivity contribution < 1.29 is 58.3 Å². The number of allylic oxidation sites excluding steroid dienone is 12. The Morgan fingerprint density at radius 2 is 0.922 bits per heavy atom. The van der Waals surface area contributed by atoms with Gasteiger partial charge in [0.1, 0.15) is 42.7 Å². The van der Waals surface area contributed by atoms with Gasteiger partial charge in [0.15, 0.2) is 0 Å². The van der Waals surface area contributed by atoms with Crippen molar-refractivity contribution >= 4 is 13.8 Å². The van der Waals surface area contributed by atoms with Gasteiger partial charge < -0.3 is 39.9 Å². The number of phosphoric ester groups is 1. The summed E-state index contributed by atoms with van der Waals surface area (Å²) >= 11 is 0. The molecule has 0 aliphatic heterocycles. The summed E-state index contributed by atoms with van der Waals surface area (Å²) < 4.78 is 34.2. The van der Waals surface area contributed by atoms with E-state index in [0.29, 0.717) is 13.0 Å².